The maximum atomic E-state index is 13.2. The van der Waals surface area contributed by atoms with Crippen molar-refractivity contribution < 1.29 is 13.2 Å². The molecule has 0 spiro atoms. The van der Waals surface area contributed by atoms with Crippen molar-refractivity contribution in [2.45, 2.75) is 50.9 Å². The lowest BCUT2D eigenvalue weighted by atomic mass is 9.95. The van der Waals surface area contributed by atoms with Gasteiger partial charge in [0.25, 0.3) is 0 Å². The van der Waals surface area contributed by atoms with Gasteiger partial charge in [-0.25, -0.2) is 4.99 Å². The summed E-state index contributed by atoms with van der Waals surface area (Å²) in [7, 11) is 0. The van der Waals surface area contributed by atoms with E-state index in [0.717, 1.165) is 55.9 Å². The van der Waals surface area contributed by atoms with Crippen molar-refractivity contribution in [3.05, 3.63) is 46.7 Å². The first-order valence-corrected chi connectivity index (χ1v) is 8.23. The number of rotatable bonds is 1. The van der Waals surface area contributed by atoms with Gasteiger partial charge in [-0.15, -0.1) is 0 Å². The number of nitrogens with zero attached hydrogens (tertiary/aromatic N) is 1. The van der Waals surface area contributed by atoms with Crippen molar-refractivity contribution in [2.24, 2.45) is 4.99 Å². The van der Waals surface area contributed by atoms with E-state index in [2.05, 4.69) is 10.3 Å². The van der Waals surface area contributed by atoms with E-state index in [1.807, 2.05) is 0 Å². The Morgan fingerprint density at radius 3 is 2.48 bits per heavy atom. The van der Waals surface area contributed by atoms with E-state index in [-0.39, 0.29) is 5.56 Å². The molecular formula is C17H18ClF3N2. The Hall–Kier alpha value is -1.49. The second-order valence-corrected chi connectivity index (χ2v) is 6.28. The predicted molar refractivity (Wildman–Crippen MR) is 85.3 cm³/mol. The number of aliphatic imine (C=N–C) groups is 1. The van der Waals surface area contributed by atoms with Crippen molar-refractivity contribution in [3.63, 3.8) is 0 Å². The molecule has 0 aromatic heterocycles. The molecule has 3 rings (SSSR count). The Bertz CT molecular complexity index is 649. The van der Waals surface area contributed by atoms with Crippen LogP contribution >= 0.6 is 11.6 Å². The summed E-state index contributed by atoms with van der Waals surface area (Å²) < 4.78 is 39.7. The number of alkyl halides is 3. The summed E-state index contributed by atoms with van der Waals surface area (Å²) in [5.41, 5.74) is 1.37. The van der Waals surface area contributed by atoms with Crippen LogP contribution in [0.25, 0.3) is 0 Å². The van der Waals surface area contributed by atoms with Crippen LogP contribution in [0, 0.1) is 0 Å². The van der Waals surface area contributed by atoms with E-state index in [4.69, 9.17) is 11.6 Å². The van der Waals surface area contributed by atoms with E-state index in [1.165, 1.54) is 12.1 Å². The highest BCUT2D eigenvalue weighted by Crippen LogP contribution is 2.38. The Labute approximate surface area is 138 Å². The van der Waals surface area contributed by atoms with Gasteiger partial charge in [0.05, 0.1) is 5.56 Å². The summed E-state index contributed by atoms with van der Waals surface area (Å²) in [5.74, 6) is 0. The van der Waals surface area contributed by atoms with E-state index >= 15 is 0 Å². The largest absolute Gasteiger partial charge is 0.416 e. The summed E-state index contributed by atoms with van der Waals surface area (Å²) >= 11 is 6.30. The van der Waals surface area contributed by atoms with Crippen LogP contribution < -0.4 is 5.32 Å². The van der Waals surface area contributed by atoms with Crippen LogP contribution in [0.2, 0.25) is 0 Å². The Kier molecular flexibility index (Phi) is 4.67. The van der Waals surface area contributed by atoms with Crippen molar-refractivity contribution >= 4 is 16.8 Å². The molecule has 0 radical (unpaired) electrons. The van der Waals surface area contributed by atoms with E-state index in [9.17, 15) is 13.2 Å². The lowest BCUT2D eigenvalue weighted by Gasteiger charge is -2.29. The van der Waals surface area contributed by atoms with Crippen molar-refractivity contribution in [2.75, 3.05) is 0 Å². The summed E-state index contributed by atoms with van der Waals surface area (Å²) in [5, 5.41) is 3.54. The normalized spacial score (nSPS) is 22.6. The molecule has 2 nitrogen and oxygen atoms in total. The van der Waals surface area contributed by atoms with Crippen molar-refractivity contribution in [3.8, 4) is 0 Å². The van der Waals surface area contributed by atoms with Crippen molar-refractivity contribution in [1.29, 1.82) is 0 Å². The zero-order chi connectivity index (χ0) is 16.4. The highest BCUT2D eigenvalue weighted by atomic mass is 35.5. The molecule has 1 N–H and O–H groups in total. The highest BCUT2D eigenvalue weighted by molar-refractivity contribution is 6.69. The molecule has 23 heavy (non-hydrogen) atoms. The maximum Gasteiger partial charge on any atom is 0.416 e. The molecule has 1 aromatic rings. The van der Waals surface area contributed by atoms with Crippen LogP contribution in [0.3, 0.4) is 0 Å². The molecular weight excluding hydrogens is 325 g/mol. The molecule has 1 unspecified atom stereocenters. The first-order valence-electron chi connectivity index (χ1n) is 7.85. The summed E-state index contributed by atoms with van der Waals surface area (Å²) in [6, 6.07) is 5.53. The van der Waals surface area contributed by atoms with Crippen LogP contribution in [0.5, 0.6) is 0 Å². The molecule has 2 aliphatic rings. The number of halogens is 4. The molecule has 1 atom stereocenters. The monoisotopic (exact) mass is 342 g/mol. The van der Waals surface area contributed by atoms with Gasteiger partial charge in [-0.2, -0.15) is 13.2 Å². The summed E-state index contributed by atoms with van der Waals surface area (Å²) in [6.07, 6.45) is 0.802. The lowest BCUT2D eigenvalue weighted by Crippen LogP contribution is -2.29. The number of benzene rings is 1. The molecule has 124 valence electrons. The summed E-state index contributed by atoms with van der Waals surface area (Å²) in [6.45, 7) is 0. The first kappa shape index (κ1) is 16.4. The second-order valence-electron chi connectivity index (χ2n) is 5.92. The Morgan fingerprint density at radius 2 is 1.74 bits per heavy atom. The molecule has 0 saturated carbocycles. The fourth-order valence-corrected chi connectivity index (χ4v) is 3.48. The number of allylic oxidation sites excluding steroid dienone is 2. The molecule has 0 amide bonds. The molecule has 1 aromatic carbocycles. The van der Waals surface area contributed by atoms with Crippen LogP contribution in [-0.2, 0) is 6.18 Å². The SMILES string of the molecule is FC(F)(F)c1ccccc1C1N=C(Cl)C2=C(CCCCCC2)N1. The minimum Gasteiger partial charge on any atom is -0.363 e. The highest BCUT2D eigenvalue weighted by Gasteiger charge is 2.36. The zero-order valence-corrected chi connectivity index (χ0v) is 13.3. The van der Waals surface area contributed by atoms with Crippen LogP contribution in [0.4, 0.5) is 13.2 Å². The molecule has 6 heteroatoms. The minimum absolute atomic E-state index is 0.117. The topological polar surface area (TPSA) is 24.4 Å². The van der Waals surface area contributed by atoms with E-state index in [0.29, 0.717) is 5.17 Å². The lowest BCUT2D eigenvalue weighted by molar-refractivity contribution is -0.138. The van der Waals surface area contributed by atoms with Crippen LogP contribution in [-0.4, -0.2) is 5.17 Å². The molecule has 1 aliphatic heterocycles. The van der Waals surface area contributed by atoms with Gasteiger partial charge < -0.3 is 5.32 Å². The predicted octanol–water partition coefficient (Wildman–Crippen LogP) is 5.55. The fourth-order valence-electron chi connectivity index (χ4n) is 3.18. The van der Waals surface area contributed by atoms with Gasteiger partial charge in [0.1, 0.15) is 11.3 Å². The van der Waals surface area contributed by atoms with Gasteiger partial charge in [-0.1, -0.05) is 42.6 Å². The number of hydrogen-bond donors (Lipinski definition) is 1. The van der Waals surface area contributed by atoms with Gasteiger partial charge in [0.2, 0.25) is 0 Å². The smallest absolute Gasteiger partial charge is 0.363 e. The van der Waals surface area contributed by atoms with Gasteiger partial charge in [0, 0.05) is 16.8 Å². The van der Waals surface area contributed by atoms with E-state index in [1.54, 1.807) is 6.07 Å². The maximum absolute atomic E-state index is 13.2. The molecule has 0 fully saturated rings. The van der Waals surface area contributed by atoms with Gasteiger partial charge in [-0.3, -0.25) is 0 Å². The van der Waals surface area contributed by atoms with Crippen LogP contribution in [0.1, 0.15) is 55.8 Å². The van der Waals surface area contributed by atoms with E-state index < -0.39 is 17.9 Å². The minimum atomic E-state index is -4.41. The second kappa shape index (κ2) is 6.56. The van der Waals surface area contributed by atoms with Crippen LogP contribution in [0.15, 0.2) is 40.5 Å². The number of nitrogens with one attached hydrogen (secondary N) is 1. The van der Waals surface area contributed by atoms with Crippen molar-refractivity contribution in [1.82, 2.24) is 5.32 Å². The Morgan fingerprint density at radius 1 is 1.04 bits per heavy atom. The molecule has 0 bridgehead atoms. The molecule has 0 saturated heterocycles. The standard InChI is InChI=1S/C17H18ClF3N2/c18-15-12-8-3-1-2-4-10-14(12)22-16(23-15)11-7-5-6-9-13(11)17(19,20)21/h5-7,9,16,22H,1-4,8,10H2. The van der Waals surface area contributed by atoms with Gasteiger partial charge >= 0.3 is 6.18 Å². The average Bonchev–Trinajstić information content (AvgIpc) is 2.47. The average molecular weight is 343 g/mol. The third kappa shape index (κ3) is 3.55. The van der Waals surface area contributed by atoms with Gasteiger partial charge in [-0.05, 0) is 31.7 Å². The first-order chi connectivity index (χ1) is 11.0. The third-order valence-corrected chi connectivity index (χ3v) is 4.66. The van der Waals surface area contributed by atoms with Gasteiger partial charge in [0.15, 0.2) is 0 Å². The zero-order valence-electron chi connectivity index (χ0n) is 12.6. The molecule has 1 heterocycles. The molecule has 1 aliphatic carbocycles. The Balaban J connectivity index is 1.95. The quantitative estimate of drug-likeness (QED) is 0.710. The number of hydrogen-bond acceptors (Lipinski definition) is 2. The third-order valence-electron chi connectivity index (χ3n) is 4.33. The fraction of sp³-hybridized carbons (Fsp3) is 0.471. The summed E-state index contributed by atoms with van der Waals surface area (Å²) in [4.78, 5) is 4.30.